The van der Waals surface area contributed by atoms with Crippen molar-refractivity contribution < 1.29 is 13.2 Å². The highest BCUT2D eigenvalue weighted by Crippen LogP contribution is 2.30. The molecule has 2 aromatic heterocycles. The van der Waals surface area contributed by atoms with E-state index in [0.29, 0.717) is 29.4 Å². The molecule has 1 unspecified atom stereocenters. The number of nitriles is 1. The molecule has 30 heavy (non-hydrogen) atoms. The molecule has 0 spiro atoms. The second-order valence-electron chi connectivity index (χ2n) is 6.78. The number of benzene rings is 1. The van der Waals surface area contributed by atoms with Crippen LogP contribution in [0.4, 0.5) is 5.13 Å². The Kier molecular flexibility index (Phi) is 5.97. The lowest BCUT2D eigenvalue weighted by Gasteiger charge is -2.32. The first kappa shape index (κ1) is 20.7. The maximum Gasteiger partial charge on any atom is 0.253 e. The standard InChI is InChI=1S/C20H18N4O3S3/c21-12-14-6-8-15(9-7-14)16-13-29-20(22-16)23-19(25)17-4-1-2-10-24(17)30(26,27)18-5-3-11-28-18/h3,5-9,11,13,17H,1-2,4,10H2,(H,22,23,25). The van der Waals surface area contributed by atoms with E-state index in [1.54, 1.807) is 41.8 Å². The number of carbonyl (C=O) groups excluding carboxylic acids is 1. The van der Waals surface area contributed by atoms with Gasteiger partial charge < -0.3 is 5.32 Å². The largest absolute Gasteiger partial charge is 0.301 e. The number of aromatic nitrogens is 1. The number of thiazole rings is 1. The van der Waals surface area contributed by atoms with E-state index in [9.17, 15) is 13.2 Å². The van der Waals surface area contributed by atoms with Crippen LogP contribution in [0.15, 0.2) is 51.4 Å². The number of nitrogens with one attached hydrogen (secondary N) is 1. The van der Waals surface area contributed by atoms with E-state index in [2.05, 4.69) is 16.4 Å². The number of hydrogen-bond acceptors (Lipinski definition) is 7. The van der Waals surface area contributed by atoms with Gasteiger partial charge in [0.2, 0.25) is 5.91 Å². The fourth-order valence-electron chi connectivity index (χ4n) is 3.35. The lowest BCUT2D eigenvalue weighted by atomic mass is 10.0. The smallest absolute Gasteiger partial charge is 0.253 e. The summed E-state index contributed by atoms with van der Waals surface area (Å²) in [5.74, 6) is -0.365. The van der Waals surface area contributed by atoms with Crippen LogP contribution in [0.2, 0.25) is 0 Å². The molecular weight excluding hydrogens is 440 g/mol. The number of thiophene rings is 1. The predicted octanol–water partition coefficient (Wildman–Crippen LogP) is 3.93. The van der Waals surface area contributed by atoms with Gasteiger partial charge in [-0.1, -0.05) is 24.6 Å². The first-order valence-electron chi connectivity index (χ1n) is 9.31. The Morgan fingerprint density at radius 2 is 2.00 bits per heavy atom. The first-order chi connectivity index (χ1) is 14.5. The van der Waals surface area contributed by atoms with Crippen LogP contribution in [0.3, 0.4) is 0 Å². The maximum atomic E-state index is 13.0. The van der Waals surface area contributed by atoms with Gasteiger partial charge in [-0.2, -0.15) is 9.57 Å². The van der Waals surface area contributed by atoms with Crippen LogP contribution in [0, 0.1) is 11.3 Å². The quantitative estimate of drug-likeness (QED) is 0.624. The monoisotopic (exact) mass is 458 g/mol. The molecular formula is C20H18N4O3S3. The Hall–Kier alpha value is -2.58. The highest BCUT2D eigenvalue weighted by atomic mass is 32.2. The van der Waals surface area contributed by atoms with Gasteiger partial charge in [-0.25, -0.2) is 13.4 Å². The van der Waals surface area contributed by atoms with Crippen LogP contribution in [0.25, 0.3) is 11.3 Å². The molecule has 1 aliphatic rings. The number of piperidine rings is 1. The third-order valence-corrected chi connectivity index (χ3v) is 8.90. The van der Waals surface area contributed by atoms with Crippen molar-refractivity contribution in [3.8, 4) is 17.3 Å². The zero-order valence-electron chi connectivity index (χ0n) is 15.8. The topological polar surface area (TPSA) is 103 Å². The number of hydrogen-bond donors (Lipinski definition) is 1. The molecule has 7 nitrogen and oxygen atoms in total. The molecule has 1 aliphatic heterocycles. The molecule has 0 aliphatic carbocycles. The van der Waals surface area contributed by atoms with Crippen LogP contribution in [0.5, 0.6) is 0 Å². The van der Waals surface area contributed by atoms with Gasteiger partial charge in [-0.15, -0.1) is 22.7 Å². The number of amides is 1. The van der Waals surface area contributed by atoms with Crippen molar-refractivity contribution in [2.24, 2.45) is 0 Å². The first-order valence-corrected chi connectivity index (χ1v) is 12.5. The molecule has 4 rings (SSSR count). The van der Waals surface area contributed by atoms with E-state index >= 15 is 0 Å². The van der Waals surface area contributed by atoms with Crippen molar-refractivity contribution in [2.45, 2.75) is 29.5 Å². The second-order valence-corrected chi connectivity index (χ2v) is 10.7. The number of anilines is 1. The van der Waals surface area contributed by atoms with Gasteiger partial charge in [-0.05, 0) is 36.4 Å². The number of carbonyl (C=O) groups is 1. The molecule has 10 heteroatoms. The molecule has 0 bridgehead atoms. The van der Waals surface area contributed by atoms with Crippen LogP contribution >= 0.6 is 22.7 Å². The SMILES string of the molecule is N#Cc1ccc(-c2csc(NC(=O)C3CCCCN3S(=O)(=O)c3cccs3)n2)cc1. The van der Waals surface area contributed by atoms with E-state index in [1.165, 1.54) is 15.6 Å². The van der Waals surface area contributed by atoms with Gasteiger partial charge in [0.25, 0.3) is 10.0 Å². The summed E-state index contributed by atoms with van der Waals surface area (Å²) in [7, 11) is -3.70. The summed E-state index contributed by atoms with van der Waals surface area (Å²) in [5, 5.41) is 15.6. The Morgan fingerprint density at radius 1 is 1.20 bits per heavy atom. The fraction of sp³-hybridized carbons (Fsp3) is 0.250. The minimum atomic E-state index is -3.70. The summed E-state index contributed by atoms with van der Waals surface area (Å²) in [5.41, 5.74) is 2.09. The van der Waals surface area contributed by atoms with Gasteiger partial charge in [-0.3, -0.25) is 4.79 Å². The maximum absolute atomic E-state index is 13.0. The molecule has 1 saturated heterocycles. The average Bonchev–Trinajstić information content (AvgIpc) is 3.47. The summed E-state index contributed by atoms with van der Waals surface area (Å²) in [4.78, 5) is 17.4. The van der Waals surface area contributed by atoms with E-state index in [4.69, 9.17) is 5.26 Å². The van der Waals surface area contributed by atoms with Crippen molar-refractivity contribution in [3.63, 3.8) is 0 Å². The van der Waals surface area contributed by atoms with E-state index in [-0.39, 0.29) is 10.1 Å². The molecule has 3 heterocycles. The van der Waals surface area contributed by atoms with Crippen LogP contribution in [0.1, 0.15) is 24.8 Å². The number of nitrogens with zero attached hydrogens (tertiary/aromatic N) is 3. The van der Waals surface area contributed by atoms with Gasteiger partial charge >= 0.3 is 0 Å². The molecule has 154 valence electrons. The minimum Gasteiger partial charge on any atom is -0.301 e. The molecule has 1 aromatic carbocycles. The molecule has 0 radical (unpaired) electrons. The average molecular weight is 459 g/mol. The van der Waals surface area contributed by atoms with Crippen molar-refractivity contribution in [1.82, 2.24) is 9.29 Å². The fourth-order valence-corrected chi connectivity index (χ4v) is 6.85. The van der Waals surface area contributed by atoms with E-state index in [0.717, 1.165) is 29.7 Å². The Labute approximate surface area is 182 Å². The molecule has 1 amide bonds. The summed E-state index contributed by atoms with van der Waals surface area (Å²) >= 11 is 2.43. The summed E-state index contributed by atoms with van der Waals surface area (Å²) in [6.45, 7) is 0.326. The lowest BCUT2D eigenvalue weighted by molar-refractivity contribution is -0.120. The second kappa shape index (κ2) is 8.65. The van der Waals surface area contributed by atoms with Crippen LogP contribution < -0.4 is 5.32 Å². The molecule has 1 fully saturated rings. The van der Waals surface area contributed by atoms with Gasteiger partial charge in [0.15, 0.2) is 5.13 Å². The third kappa shape index (κ3) is 4.15. The number of sulfonamides is 1. The van der Waals surface area contributed by atoms with Crippen molar-refractivity contribution in [2.75, 3.05) is 11.9 Å². The van der Waals surface area contributed by atoms with Crippen molar-refractivity contribution in [1.29, 1.82) is 5.26 Å². The third-order valence-electron chi connectivity index (χ3n) is 4.86. The molecule has 0 saturated carbocycles. The highest BCUT2D eigenvalue weighted by molar-refractivity contribution is 7.91. The lowest BCUT2D eigenvalue weighted by Crippen LogP contribution is -2.49. The van der Waals surface area contributed by atoms with Crippen molar-refractivity contribution >= 4 is 43.7 Å². The van der Waals surface area contributed by atoms with Crippen LogP contribution in [-0.4, -0.2) is 36.2 Å². The van der Waals surface area contributed by atoms with Crippen LogP contribution in [-0.2, 0) is 14.8 Å². The minimum absolute atomic E-state index is 0.250. The summed E-state index contributed by atoms with van der Waals surface area (Å²) < 4.78 is 27.5. The van der Waals surface area contributed by atoms with Gasteiger partial charge in [0.05, 0.1) is 17.3 Å². The summed E-state index contributed by atoms with van der Waals surface area (Å²) in [6.07, 6.45) is 2.00. The zero-order chi connectivity index (χ0) is 21.1. The molecule has 1 atom stereocenters. The van der Waals surface area contributed by atoms with Gasteiger partial charge in [0, 0.05) is 17.5 Å². The van der Waals surface area contributed by atoms with E-state index in [1.807, 2.05) is 5.38 Å². The Bertz CT molecular complexity index is 1180. The Balaban J connectivity index is 1.51. The number of rotatable bonds is 5. The zero-order valence-corrected chi connectivity index (χ0v) is 18.3. The van der Waals surface area contributed by atoms with Crippen molar-refractivity contribution in [3.05, 3.63) is 52.7 Å². The Morgan fingerprint density at radius 3 is 2.70 bits per heavy atom. The van der Waals surface area contributed by atoms with E-state index < -0.39 is 16.1 Å². The summed E-state index contributed by atoms with van der Waals surface area (Å²) in [6, 6.07) is 11.6. The normalized spacial score (nSPS) is 17.4. The predicted molar refractivity (Wildman–Crippen MR) is 117 cm³/mol. The van der Waals surface area contributed by atoms with Gasteiger partial charge in [0.1, 0.15) is 10.3 Å². The highest BCUT2D eigenvalue weighted by Gasteiger charge is 2.38. The molecule has 3 aromatic rings. The molecule has 1 N–H and O–H groups in total.